The highest BCUT2D eigenvalue weighted by atomic mass is 16.5. The van der Waals surface area contributed by atoms with Gasteiger partial charge in [0.2, 0.25) is 0 Å². The van der Waals surface area contributed by atoms with Gasteiger partial charge in [0.05, 0.1) is 12.9 Å². The Kier molecular flexibility index (Phi) is 3.76. The van der Waals surface area contributed by atoms with E-state index in [4.69, 9.17) is 4.74 Å². The Balaban J connectivity index is 3.37. The second kappa shape index (κ2) is 4.13. The third kappa shape index (κ3) is 3.76. The van der Waals surface area contributed by atoms with Crippen LogP contribution in [-0.2, 0) is 9.53 Å². The lowest BCUT2D eigenvalue weighted by Gasteiger charge is -2.04. The molecule has 2 nitrogen and oxygen atoms in total. The van der Waals surface area contributed by atoms with Crippen molar-refractivity contribution >= 4 is 5.78 Å². The normalized spacial score (nSPS) is 12.2. The van der Waals surface area contributed by atoms with Crippen LogP contribution < -0.4 is 0 Å². The second-order valence-electron chi connectivity index (χ2n) is 2.01. The molecule has 0 radical (unpaired) electrons. The highest BCUT2D eigenvalue weighted by Gasteiger charge is 2.05. The van der Waals surface area contributed by atoms with E-state index in [2.05, 4.69) is 6.58 Å². The number of hydrogen-bond donors (Lipinski definition) is 0. The second-order valence-corrected chi connectivity index (χ2v) is 2.01. The Morgan fingerprint density at radius 2 is 2.44 bits per heavy atom. The summed E-state index contributed by atoms with van der Waals surface area (Å²) in [6.45, 7) is 7.18. The molecular weight excluding hydrogens is 116 g/mol. The van der Waals surface area contributed by atoms with E-state index in [1.807, 2.05) is 6.92 Å². The maximum atomic E-state index is 10.5. The van der Waals surface area contributed by atoms with Gasteiger partial charge < -0.3 is 4.74 Å². The monoisotopic (exact) mass is 128 g/mol. The summed E-state index contributed by atoms with van der Waals surface area (Å²) in [5.74, 6) is 0.139. The number of ether oxygens (including phenoxy) is 1. The van der Waals surface area contributed by atoms with Crippen LogP contribution in [0.2, 0.25) is 0 Å². The SMILES string of the molecule is C=COCC(C)C(C)=O. The number of Topliss-reactive ketones (excluding diaryl/α,β-unsaturated/α-hetero) is 1. The first-order chi connectivity index (χ1) is 4.18. The van der Waals surface area contributed by atoms with Gasteiger partial charge in [-0.2, -0.15) is 0 Å². The molecule has 0 N–H and O–H groups in total. The molecule has 1 unspecified atom stereocenters. The molecule has 0 aromatic rings. The summed E-state index contributed by atoms with van der Waals surface area (Å²) in [5.41, 5.74) is 0. The average molecular weight is 128 g/mol. The molecule has 0 amide bonds. The van der Waals surface area contributed by atoms with Crippen LogP contribution in [0.4, 0.5) is 0 Å². The molecule has 1 atom stereocenters. The molecule has 52 valence electrons. The molecular formula is C7H12O2. The highest BCUT2D eigenvalue weighted by molar-refractivity contribution is 5.77. The van der Waals surface area contributed by atoms with Crippen molar-refractivity contribution in [2.45, 2.75) is 13.8 Å². The molecule has 0 aromatic carbocycles. The molecule has 9 heavy (non-hydrogen) atoms. The van der Waals surface area contributed by atoms with Crippen molar-refractivity contribution in [1.82, 2.24) is 0 Å². The van der Waals surface area contributed by atoms with Gasteiger partial charge in [-0.15, -0.1) is 0 Å². The van der Waals surface area contributed by atoms with Crippen LogP contribution >= 0.6 is 0 Å². The van der Waals surface area contributed by atoms with Gasteiger partial charge in [-0.05, 0) is 6.92 Å². The Morgan fingerprint density at radius 3 is 2.78 bits per heavy atom. The van der Waals surface area contributed by atoms with E-state index in [0.29, 0.717) is 6.61 Å². The molecule has 0 saturated heterocycles. The summed E-state index contributed by atoms with van der Waals surface area (Å²) in [6.07, 6.45) is 1.35. The van der Waals surface area contributed by atoms with E-state index in [9.17, 15) is 4.79 Å². The number of carbonyl (C=O) groups excluding carboxylic acids is 1. The Morgan fingerprint density at radius 1 is 1.89 bits per heavy atom. The van der Waals surface area contributed by atoms with Gasteiger partial charge >= 0.3 is 0 Å². The van der Waals surface area contributed by atoms with Gasteiger partial charge in [-0.3, -0.25) is 4.79 Å². The molecule has 0 aliphatic carbocycles. The highest BCUT2D eigenvalue weighted by Crippen LogP contribution is 1.96. The zero-order valence-electron chi connectivity index (χ0n) is 5.89. The lowest BCUT2D eigenvalue weighted by molar-refractivity contribution is -0.121. The van der Waals surface area contributed by atoms with E-state index >= 15 is 0 Å². The van der Waals surface area contributed by atoms with E-state index in [1.54, 1.807) is 6.92 Å². The zero-order valence-corrected chi connectivity index (χ0v) is 5.89. The Bertz CT molecular complexity index is 107. The first kappa shape index (κ1) is 8.21. The van der Waals surface area contributed by atoms with Crippen LogP contribution in [0.1, 0.15) is 13.8 Å². The first-order valence-electron chi connectivity index (χ1n) is 2.91. The molecule has 0 aliphatic heterocycles. The standard InChI is InChI=1S/C7H12O2/c1-4-9-5-6(2)7(3)8/h4,6H,1,5H2,2-3H3. The van der Waals surface area contributed by atoms with E-state index in [1.165, 1.54) is 6.26 Å². The summed E-state index contributed by atoms with van der Waals surface area (Å²) < 4.78 is 4.80. The average Bonchev–Trinajstić information content (AvgIpc) is 1.82. The van der Waals surface area contributed by atoms with Crippen LogP contribution in [-0.4, -0.2) is 12.4 Å². The van der Waals surface area contributed by atoms with Crippen LogP contribution in [0, 0.1) is 5.92 Å². The summed E-state index contributed by atoms with van der Waals surface area (Å²) in [7, 11) is 0. The summed E-state index contributed by atoms with van der Waals surface area (Å²) in [6, 6.07) is 0. The molecule has 0 aromatic heterocycles. The van der Waals surface area contributed by atoms with Crippen molar-refractivity contribution in [2.24, 2.45) is 5.92 Å². The zero-order chi connectivity index (χ0) is 7.28. The summed E-state index contributed by atoms with van der Waals surface area (Å²) >= 11 is 0. The number of hydrogen-bond acceptors (Lipinski definition) is 2. The van der Waals surface area contributed by atoms with Gasteiger partial charge in [0, 0.05) is 5.92 Å². The van der Waals surface area contributed by atoms with Crippen molar-refractivity contribution in [3.05, 3.63) is 12.8 Å². The molecule has 0 spiro atoms. The van der Waals surface area contributed by atoms with Crippen LogP contribution in [0.5, 0.6) is 0 Å². The van der Waals surface area contributed by atoms with Crippen LogP contribution in [0.3, 0.4) is 0 Å². The van der Waals surface area contributed by atoms with Crippen LogP contribution in [0.25, 0.3) is 0 Å². The third-order valence-electron chi connectivity index (χ3n) is 1.16. The fourth-order valence-corrected chi connectivity index (χ4v) is 0.330. The van der Waals surface area contributed by atoms with E-state index < -0.39 is 0 Å². The summed E-state index contributed by atoms with van der Waals surface area (Å²) in [5, 5.41) is 0. The van der Waals surface area contributed by atoms with E-state index in [0.717, 1.165) is 0 Å². The number of carbonyl (C=O) groups is 1. The number of ketones is 1. The van der Waals surface area contributed by atoms with Crippen molar-refractivity contribution in [3.8, 4) is 0 Å². The maximum absolute atomic E-state index is 10.5. The predicted molar refractivity (Wildman–Crippen MR) is 36.0 cm³/mol. The molecule has 0 heterocycles. The Labute approximate surface area is 55.5 Å². The van der Waals surface area contributed by atoms with Crippen molar-refractivity contribution < 1.29 is 9.53 Å². The maximum Gasteiger partial charge on any atom is 0.136 e. The van der Waals surface area contributed by atoms with Crippen LogP contribution in [0.15, 0.2) is 12.8 Å². The van der Waals surface area contributed by atoms with Gasteiger partial charge in [-0.1, -0.05) is 13.5 Å². The van der Waals surface area contributed by atoms with Crippen molar-refractivity contribution in [1.29, 1.82) is 0 Å². The van der Waals surface area contributed by atoms with Gasteiger partial charge in [0.15, 0.2) is 0 Å². The lowest BCUT2D eigenvalue weighted by atomic mass is 10.1. The van der Waals surface area contributed by atoms with Gasteiger partial charge in [0.25, 0.3) is 0 Å². The minimum atomic E-state index is -0.0111. The fraction of sp³-hybridized carbons (Fsp3) is 0.571. The topological polar surface area (TPSA) is 26.3 Å². The van der Waals surface area contributed by atoms with Crippen molar-refractivity contribution in [3.63, 3.8) is 0 Å². The molecule has 0 aliphatic rings. The number of rotatable bonds is 4. The molecule has 0 rings (SSSR count). The minimum Gasteiger partial charge on any atom is -0.501 e. The van der Waals surface area contributed by atoms with E-state index in [-0.39, 0.29) is 11.7 Å². The molecule has 0 bridgehead atoms. The quantitative estimate of drug-likeness (QED) is 0.534. The Hall–Kier alpha value is -0.790. The predicted octanol–water partition coefficient (Wildman–Crippen LogP) is 1.37. The smallest absolute Gasteiger partial charge is 0.136 e. The molecule has 0 fully saturated rings. The largest absolute Gasteiger partial charge is 0.501 e. The fourth-order valence-electron chi connectivity index (χ4n) is 0.330. The molecule has 0 saturated carbocycles. The lowest BCUT2D eigenvalue weighted by Crippen LogP contribution is -2.11. The molecule has 2 heteroatoms. The minimum absolute atomic E-state index is 0.0111. The van der Waals surface area contributed by atoms with Crippen molar-refractivity contribution in [2.75, 3.05) is 6.61 Å². The summed E-state index contributed by atoms with van der Waals surface area (Å²) in [4.78, 5) is 10.5. The third-order valence-corrected chi connectivity index (χ3v) is 1.16. The first-order valence-corrected chi connectivity index (χ1v) is 2.91. The van der Waals surface area contributed by atoms with Gasteiger partial charge in [0.1, 0.15) is 5.78 Å². The van der Waals surface area contributed by atoms with Gasteiger partial charge in [-0.25, -0.2) is 0 Å².